The molecular formula is C20H31N5. The summed E-state index contributed by atoms with van der Waals surface area (Å²) in [5.41, 5.74) is 6.29. The van der Waals surface area contributed by atoms with Crippen LogP contribution in [0.5, 0.6) is 0 Å². The Bertz CT molecular complexity index is 715. The van der Waals surface area contributed by atoms with E-state index in [0.29, 0.717) is 6.54 Å². The zero-order chi connectivity index (χ0) is 18.2. The van der Waals surface area contributed by atoms with Crippen LogP contribution in [0.25, 0.3) is 0 Å². The van der Waals surface area contributed by atoms with E-state index in [2.05, 4.69) is 67.7 Å². The number of hydrogen-bond donors (Lipinski definition) is 2. The summed E-state index contributed by atoms with van der Waals surface area (Å²) >= 11 is 0. The molecule has 1 aromatic carbocycles. The van der Waals surface area contributed by atoms with Crippen molar-refractivity contribution in [2.75, 3.05) is 6.54 Å². The van der Waals surface area contributed by atoms with Crippen molar-refractivity contribution in [2.24, 2.45) is 12.0 Å². The molecule has 0 atom stereocenters. The average Bonchev–Trinajstić information content (AvgIpc) is 2.93. The monoisotopic (exact) mass is 341 g/mol. The summed E-state index contributed by atoms with van der Waals surface area (Å²) in [5, 5.41) is 11.5. The molecular weight excluding hydrogens is 310 g/mol. The second kappa shape index (κ2) is 9.25. The van der Waals surface area contributed by atoms with Gasteiger partial charge in [0.15, 0.2) is 5.96 Å². The Morgan fingerprint density at radius 1 is 1.12 bits per heavy atom. The Kier molecular flexibility index (Phi) is 7.04. The summed E-state index contributed by atoms with van der Waals surface area (Å²) < 4.78 is 2.01. The van der Waals surface area contributed by atoms with Gasteiger partial charge in [0, 0.05) is 31.4 Å². The maximum absolute atomic E-state index is 4.74. The standard InChI is InChI=1S/C20H31N5/c1-6-18-17(19(7-2)25(5)24-18)14-23-20(21-8-3)22-13-16-12-10-9-11-15(16)4/h9-12H,6-8,13-14H2,1-5H3,(H2,21,22,23). The molecule has 0 fully saturated rings. The highest BCUT2D eigenvalue weighted by molar-refractivity contribution is 5.79. The van der Waals surface area contributed by atoms with Crippen LogP contribution in [0.15, 0.2) is 29.3 Å². The molecule has 0 radical (unpaired) electrons. The number of benzene rings is 1. The lowest BCUT2D eigenvalue weighted by molar-refractivity contribution is 0.702. The van der Waals surface area contributed by atoms with Crippen LogP contribution in [-0.4, -0.2) is 22.3 Å². The van der Waals surface area contributed by atoms with Gasteiger partial charge >= 0.3 is 0 Å². The van der Waals surface area contributed by atoms with Gasteiger partial charge in [0.2, 0.25) is 0 Å². The summed E-state index contributed by atoms with van der Waals surface area (Å²) in [6, 6.07) is 8.39. The predicted molar refractivity (Wildman–Crippen MR) is 105 cm³/mol. The van der Waals surface area contributed by atoms with Crippen molar-refractivity contribution >= 4 is 5.96 Å². The lowest BCUT2D eigenvalue weighted by atomic mass is 10.1. The van der Waals surface area contributed by atoms with Crippen molar-refractivity contribution < 1.29 is 0 Å². The van der Waals surface area contributed by atoms with Crippen LogP contribution in [0.4, 0.5) is 0 Å². The number of hydrogen-bond acceptors (Lipinski definition) is 2. The van der Waals surface area contributed by atoms with E-state index in [4.69, 9.17) is 4.99 Å². The van der Waals surface area contributed by atoms with Gasteiger partial charge < -0.3 is 10.6 Å². The molecule has 2 N–H and O–H groups in total. The van der Waals surface area contributed by atoms with Gasteiger partial charge in [-0.2, -0.15) is 5.10 Å². The smallest absolute Gasteiger partial charge is 0.191 e. The third-order valence-corrected chi connectivity index (χ3v) is 4.47. The fraction of sp³-hybridized carbons (Fsp3) is 0.500. The first-order valence-corrected chi connectivity index (χ1v) is 9.20. The predicted octanol–water partition coefficient (Wildman–Crippen LogP) is 3.11. The molecule has 136 valence electrons. The molecule has 2 aromatic rings. The Labute approximate surface area is 151 Å². The van der Waals surface area contributed by atoms with Crippen LogP contribution in [-0.2, 0) is 33.0 Å². The first kappa shape index (κ1) is 19.0. The van der Waals surface area contributed by atoms with E-state index in [1.54, 1.807) is 0 Å². The van der Waals surface area contributed by atoms with E-state index in [9.17, 15) is 0 Å². The van der Waals surface area contributed by atoms with Crippen molar-refractivity contribution in [1.82, 2.24) is 20.4 Å². The van der Waals surface area contributed by atoms with E-state index in [0.717, 1.165) is 31.9 Å². The van der Waals surface area contributed by atoms with Gasteiger partial charge in [-0.05, 0) is 37.8 Å². The molecule has 5 heteroatoms. The molecule has 0 saturated heterocycles. The summed E-state index contributed by atoms with van der Waals surface area (Å²) in [6.45, 7) is 10.8. The summed E-state index contributed by atoms with van der Waals surface area (Å²) in [6.07, 6.45) is 1.93. The summed E-state index contributed by atoms with van der Waals surface area (Å²) in [7, 11) is 2.03. The largest absolute Gasteiger partial charge is 0.357 e. The van der Waals surface area contributed by atoms with Gasteiger partial charge in [0.05, 0.1) is 12.2 Å². The molecule has 25 heavy (non-hydrogen) atoms. The number of aromatic nitrogens is 2. The van der Waals surface area contributed by atoms with E-state index in [-0.39, 0.29) is 0 Å². The first-order valence-electron chi connectivity index (χ1n) is 9.20. The Morgan fingerprint density at radius 2 is 1.88 bits per heavy atom. The minimum absolute atomic E-state index is 0.677. The SMILES string of the molecule is CCNC(=NCc1ccccc1C)NCc1c(CC)nn(C)c1CC. The highest BCUT2D eigenvalue weighted by Gasteiger charge is 2.13. The van der Waals surface area contributed by atoms with Crippen LogP contribution >= 0.6 is 0 Å². The molecule has 5 nitrogen and oxygen atoms in total. The van der Waals surface area contributed by atoms with Gasteiger partial charge in [-0.15, -0.1) is 0 Å². The zero-order valence-electron chi connectivity index (χ0n) is 16.2. The lowest BCUT2D eigenvalue weighted by Gasteiger charge is -2.13. The number of guanidine groups is 1. The fourth-order valence-electron chi connectivity index (χ4n) is 3.06. The van der Waals surface area contributed by atoms with Crippen molar-refractivity contribution in [3.05, 3.63) is 52.3 Å². The van der Waals surface area contributed by atoms with Gasteiger partial charge in [-0.1, -0.05) is 38.1 Å². The second-order valence-corrected chi connectivity index (χ2v) is 6.18. The van der Waals surface area contributed by atoms with Crippen molar-refractivity contribution in [1.29, 1.82) is 0 Å². The zero-order valence-corrected chi connectivity index (χ0v) is 16.2. The van der Waals surface area contributed by atoms with E-state index in [1.807, 2.05) is 11.7 Å². The minimum Gasteiger partial charge on any atom is -0.357 e. The van der Waals surface area contributed by atoms with Crippen LogP contribution in [0.3, 0.4) is 0 Å². The van der Waals surface area contributed by atoms with Gasteiger partial charge in [-0.3, -0.25) is 4.68 Å². The normalized spacial score (nSPS) is 11.6. The first-order chi connectivity index (χ1) is 12.1. The van der Waals surface area contributed by atoms with E-state index >= 15 is 0 Å². The van der Waals surface area contributed by atoms with Crippen LogP contribution < -0.4 is 10.6 Å². The topological polar surface area (TPSA) is 54.2 Å². The fourth-order valence-corrected chi connectivity index (χ4v) is 3.06. The minimum atomic E-state index is 0.677. The molecule has 0 aliphatic carbocycles. The molecule has 0 bridgehead atoms. The second-order valence-electron chi connectivity index (χ2n) is 6.18. The van der Waals surface area contributed by atoms with Crippen LogP contribution in [0.2, 0.25) is 0 Å². The maximum atomic E-state index is 4.74. The molecule has 1 aromatic heterocycles. The quantitative estimate of drug-likeness (QED) is 0.601. The number of nitrogens with one attached hydrogen (secondary N) is 2. The Hall–Kier alpha value is -2.30. The van der Waals surface area contributed by atoms with Gasteiger partial charge in [0.25, 0.3) is 0 Å². The highest BCUT2D eigenvalue weighted by Crippen LogP contribution is 2.15. The Balaban J connectivity index is 2.12. The number of nitrogens with zero attached hydrogens (tertiary/aromatic N) is 3. The molecule has 0 aliphatic rings. The maximum Gasteiger partial charge on any atom is 0.191 e. The van der Waals surface area contributed by atoms with E-state index < -0.39 is 0 Å². The molecule has 1 heterocycles. The number of aryl methyl sites for hydroxylation is 3. The molecule has 0 spiro atoms. The average molecular weight is 342 g/mol. The van der Waals surface area contributed by atoms with Gasteiger partial charge in [-0.25, -0.2) is 4.99 Å². The summed E-state index contributed by atoms with van der Waals surface area (Å²) in [5.74, 6) is 0.846. The molecule has 0 aliphatic heterocycles. The third kappa shape index (κ3) is 4.84. The molecule has 0 saturated carbocycles. The molecule has 0 unspecified atom stereocenters. The van der Waals surface area contributed by atoms with Crippen molar-refractivity contribution in [3.8, 4) is 0 Å². The number of aliphatic imine (C=N–C) groups is 1. The van der Waals surface area contributed by atoms with Crippen molar-refractivity contribution in [3.63, 3.8) is 0 Å². The van der Waals surface area contributed by atoms with Crippen LogP contribution in [0.1, 0.15) is 48.8 Å². The van der Waals surface area contributed by atoms with Crippen molar-refractivity contribution in [2.45, 2.75) is 53.6 Å². The molecule has 0 amide bonds. The Morgan fingerprint density at radius 3 is 2.52 bits per heavy atom. The number of rotatable bonds is 7. The lowest BCUT2D eigenvalue weighted by Crippen LogP contribution is -2.37. The highest BCUT2D eigenvalue weighted by atomic mass is 15.3. The third-order valence-electron chi connectivity index (χ3n) is 4.47. The van der Waals surface area contributed by atoms with Gasteiger partial charge in [0.1, 0.15) is 0 Å². The molecule has 2 rings (SSSR count). The van der Waals surface area contributed by atoms with E-state index in [1.165, 1.54) is 28.1 Å². The van der Waals surface area contributed by atoms with Crippen LogP contribution in [0, 0.1) is 6.92 Å². The summed E-state index contributed by atoms with van der Waals surface area (Å²) in [4.78, 5) is 4.74.